The summed E-state index contributed by atoms with van der Waals surface area (Å²) in [4.78, 5) is 0. The number of hydrogen-bond acceptors (Lipinski definition) is 0. The van der Waals surface area contributed by atoms with Crippen LogP contribution >= 0.6 is 0 Å². The molecular formula is C65H46. The first-order chi connectivity index (χ1) is 32.1. The van der Waals surface area contributed by atoms with E-state index in [1.54, 1.807) is 0 Å². The average molecular weight is 827 g/mol. The molecule has 10 aromatic carbocycles. The number of allylic oxidation sites excluding steroid dienone is 6. The summed E-state index contributed by atoms with van der Waals surface area (Å²) in [6.07, 6.45) is 15.3. The fourth-order valence-corrected chi connectivity index (χ4v) is 12.4. The van der Waals surface area contributed by atoms with Crippen LogP contribution in [0.3, 0.4) is 0 Å². The summed E-state index contributed by atoms with van der Waals surface area (Å²) >= 11 is 0. The van der Waals surface area contributed by atoms with Crippen molar-refractivity contribution in [3.05, 3.63) is 251 Å². The lowest BCUT2D eigenvalue weighted by atomic mass is 9.67. The van der Waals surface area contributed by atoms with E-state index in [0.717, 1.165) is 18.4 Å². The van der Waals surface area contributed by atoms with Gasteiger partial charge in [-0.2, -0.15) is 0 Å². The summed E-state index contributed by atoms with van der Waals surface area (Å²) in [6, 6.07) is 64.7. The lowest BCUT2D eigenvalue weighted by molar-refractivity contribution is 0.795. The Kier molecular flexibility index (Phi) is 8.34. The van der Waals surface area contributed by atoms with E-state index in [2.05, 4.69) is 221 Å². The van der Waals surface area contributed by atoms with Crippen LogP contribution in [0.2, 0.25) is 0 Å². The smallest absolute Gasteiger partial charge is 0.0737 e. The molecule has 3 aliphatic carbocycles. The van der Waals surface area contributed by atoms with Gasteiger partial charge in [0.05, 0.1) is 5.41 Å². The van der Waals surface area contributed by atoms with Crippen LogP contribution in [0.4, 0.5) is 0 Å². The van der Waals surface area contributed by atoms with E-state index in [9.17, 15) is 0 Å². The number of benzene rings is 10. The van der Waals surface area contributed by atoms with Gasteiger partial charge >= 0.3 is 0 Å². The van der Waals surface area contributed by atoms with Crippen molar-refractivity contribution in [3.63, 3.8) is 0 Å². The van der Waals surface area contributed by atoms with Crippen LogP contribution in [0.5, 0.6) is 0 Å². The van der Waals surface area contributed by atoms with Crippen molar-refractivity contribution in [1.29, 1.82) is 0 Å². The molecule has 3 aliphatic rings. The minimum atomic E-state index is -0.458. The number of aryl methyl sites for hydroxylation is 2. The maximum atomic E-state index is 4.05. The van der Waals surface area contributed by atoms with Crippen LogP contribution in [-0.2, 0) is 11.8 Å². The van der Waals surface area contributed by atoms with E-state index in [1.807, 2.05) is 6.08 Å². The molecule has 0 saturated heterocycles. The Morgan fingerprint density at radius 3 is 1.86 bits per heavy atom. The highest BCUT2D eigenvalue weighted by Gasteiger charge is 2.54. The molecule has 10 aromatic rings. The minimum Gasteiger partial charge on any atom is -0.0990 e. The highest BCUT2D eigenvalue weighted by molar-refractivity contribution is 6.20. The maximum Gasteiger partial charge on any atom is 0.0737 e. The first-order valence-corrected chi connectivity index (χ1v) is 23.1. The van der Waals surface area contributed by atoms with Gasteiger partial charge in [-0.3, -0.25) is 0 Å². The first kappa shape index (κ1) is 37.7. The van der Waals surface area contributed by atoms with Crippen LogP contribution < -0.4 is 0 Å². The Morgan fingerprint density at radius 2 is 1.17 bits per heavy atom. The third-order valence-electron chi connectivity index (χ3n) is 14.8. The molecular weight excluding hydrogens is 781 g/mol. The van der Waals surface area contributed by atoms with Gasteiger partial charge in [-0.25, -0.2) is 0 Å². The molecule has 0 radical (unpaired) electrons. The Balaban J connectivity index is 1.02. The van der Waals surface area contributed by atoms with Crippen LogP contribution in [0.25, 0.3) is 99.2 Å². The molecule has 0 bridgehead atoms. The predicted octanol–water partition coefficient (Wildman–Crippen LogP) is 17.4. The SMILES string of the molecule is C=C/C=C(\C=C/C)c1c2ccccc2c(-c2ccc(-c3ccc4c5c(ccc4c3)-c3c(c4c(c6ccc(C)cc36)CCC=C4)C53c4ccccc4-c4ccccc43)cc2)c2ccccc12. The fourth-order valence-electron chi connectivity index (χ4n) is 12.4. The zero-order chi connectivity index (χ0) is 43.4. The zero-order valence-electron chi connectivity index (χ0n) is 36.8. The van der Waals surface area contributed by atoms with Crippen molar-refractivity contribution >= 4 is 54.7 Å². The Hall–Kier alpha value is -7.80. The Labute approximate surface area is 380 Å². The van der Waals surface area contributed by atoms with Gasteiger partial charge < -0.3 is 0 Å². The van der Waals surface area contributed by atoms with Crippen molar-refractivity contribution in [2.24, 2.45) is 0 Å². The molecule has 1 spiro atoms. The second kappa shape index (κ2) is 14.4. The molecule has 65 heavy (non-hydrogen) atoms. The number of fused-ring (bicyclic) bond motifs is 19. The van der Waals surface area contributed by atoms with Gasteiger partial charge in [0.1, 0.15) is 0 Å². The molecule has 0 amide bonds. The summed E-state index contributed by atoms with van der Waals surface area (Å²) in [5.74, 6) is 0. The van der Waals surface area contributed by atoms with Gasteiger partial charge in [0.15, 0.2) is 0 Å². The molecule has 0 aromatic heterocycles. The van der Waals surface area contributed by atoms with Gasteiger partial charge in [0, 0.05) is 0 Å². The van der Waals surface area contributed by atoms with Gasteiger partial charge in [-0.1, -0.05) is 212 Å². The maximum absolute atomic E-state index is 4.05. The predicted molar refractivity (Wildman–Crippen MR) is 279 cm³/mol. The third-order valence-corrected chi connectivity index (χ3v) is 14.8. The molecule has 0 nitrogen and oxygen atoms in total. The lowest BCUT2D eigenvalue weighted by Gasteiger charge is -2.34. The van der Waals surface area contributed by atoms with Crippen molar-refractivity contribution < 1.29 is 0 Å². The van der Waals surface area contributed by atoms with Crippen LogP contribution in [-0.4, -0.2) is 0 Å². The molecule has 306 valence electrons. The van der Waals surface area contributed by atoms with Crippen molar-refractivity contribution in [2.45, 2.75) is 32.1 Å². The van der Waals surface area contributed by atoms with Gasteiger partial charge in [0.25, 0.3) is 0 Å². The largest absolute Gasteiger partial charge is 0.0990 e. The zero-order valence-corrected chi connectivity index (χ0v) is 36.8. The van der Waals surface area contributed by atoms with Crippen molar-refractivity contribution in [1.82, 2.24) is 0 Å². The van der Waals surface area contributed by atoms with Crippen molar-refractivity contribution in [3.8, 4) is 44.5 Å². The van der Waals surface area contributed by atoms with E-state index in [4.69, 9.17) is 0 Å². The summed E-state index contributed by atoms with van der Waals surface area (Å²) in [5, 5.41) is 10.3. The van der Waals surface area contributed by atoms with Gasteiger partial charge in [-0.05, 0) is 165 Å². The molecule has 0 unspecified atom stereocenters. The Morgan fingerprint density at radius 1 is 0.538 bits per heavy atom. The van der Waals surface area contributed by atoms with E-state index in [-0.39, 0.29) is 0 Å². The fraction of sp³-hybridized carbons (Fsp3) is 0.0769. The van der Waals surface area contributed by atoms with E-state index < -0.39 is 5.41 Å². The quantitative estimate of drug-likeness (QED) is 0.120. The molecule has 0 atom stereocenters. The molecule has 13 rings (SSSR count). The van der Waals surface area contributed by atoms with Gasteiger partial charge in [-0.15, -0.1) is 0 Å². The standard InChI is InChI=1S/C65H46/c1-4-16-42(17-5-2)60-51-21-7-9-23-53(51)61(54-24-10-8-22-52(54)60)43-31-29-41(30-32-43)44-33-36-46-45(39-44)34-37-56-62-57-38-40(3)28-35-48(57)47-18-6-11-25-55(47)64(62)65(63(46)56)58-26-14-12-19-49(58)50-20-13-15-27-59(50)65/h4-5,7-17,19-39H,1,6,18H2,2-3H3/b17-5-,42-16+. The molecule has 0 N–H and O–H groups in total. The second-order valence-electron chi connectivity index (χ2n) is 18.2. The normalized spacial score (nSPS) is 14.3. The van der Waals surface area contributed by atoms with Crippen LogP contribution in [0.1, 0.15) is 57.9 Å². The molecule has 0 saturated carbocycles. The number of rotatable bonds is 5. The van der Waals surface area contributed by atoms with E-state index in [0.29, 0.717) is 0 Å². The average Bonchev–Trinajstić information content (AvgIpc) is 3.84. The summed E-state index contributed by atoms with van der Waals surface area (Å²) in [5.41, 5.74) is 22.2. The number of hydrogen-bond donors (Lipinski definition) is 0. The van der Waals surface area contributed by atoms with Crippen LogP contribution in [0.15, 0.2) is 207 Å². The second-order valence-corrected chi connectivity index (χ2v) is 18.2. The highest BCUT2D eigenvalue weighted by Crippen LogP contribution is 2.66. The molecule has 0 heterocycles. The monoisotopic (exact) mass is 826 g/mol. The minimum absolute atomic E-state index is 0.458. The lowest BCUT2D eigenvalue weighted by Crippen LogP contribution is -2.28. The summed E-state index contributed by atoms with van der Waals surface area (Å²) in [6.45, 7) is 8.38. The molecule has 0 heteroatoms. The summed E-state index contributed by atoms with van der Waals surface area (Å²) in [7, 11) is 0. The van der Waals surface area contributed by atoms with E-state index in [1.165, 1.54) is 132 Å². The topological polar surface area (TPSA) is 0 Å². The van der Waals surface area contributed by atoms with E-state index >= 15 is 0 Å². The van der Waals surface area contributed by atoms with Crippen molar-refractivity contribution in [2.75, 3.05) is 0 Å². The molecule has 0 aliphatic heterocycles. The Bertz CT molecular complexity index is 3690. The summed E-state index contributed by atoms with van der Waals surface area (Å²) < 4.78 is 0. The molecule has 0 fully saturated rings. The first-order valence-electron chi connectivity index (χ1n) is 23.1. The van der Waals surface area contributed by atoms with Crippen LogP contribution in [0, 0.1) is 6.92 Å². The third kappa shape index (κ3) is 5.20. The van der Waals surface area contributed by atoms with Gasteiger partial charge in [0.2, 0.25) is 0 Å². The highest BCUT2D eigenvalue weighted by atomic mass is 14.5.